The van der Waals surface area contributed by atoms with Gasteiger partial charge in [0, 0.05) is 18.1 Å². The summed E-state index contributed by atoms with van der Waals surface area (Å²) >= 11 is 1.79. The van der Waals surface area contributed by atoms with Crippen molar-refractivity contribution >= 4 is 17.7 Å². The molecule has 0 aliphatic carbocycles. The summed E-state index contributed by atoms with van der Waals surface area (Å²) in [6, 6.07) is -0.0428. The number of nitrogens with one attached hydrogen (secondary N) is 1. The van der Waals surface area contributed by atoms with E-state index in [1.54, 1.807) is 11.8 Å². The summed E-state index contributed by atoms with van der Waals surface area (Å²) < 4.78 is 0. The standard InChI is InChI=1S/C5H8N2O2S/c8-5-4-3-10-2-1-7(4)6-9-5/h4,6H,1-3H2/t4-/m0/s1. The predicted octanol–water partition coefficient (Wildman–Crippen LogP) is -0.620. The van der Waals surface area contributed by atoms with Crippen LogP contribution in [-0.4, -0.2) is 35.1 Å². The second-order valence-corrected chi connectivity index (χ2v) is 3.45. The minimum Gasteiger partial charge on any atom is -0.354 e. The van der Waals surface area contributed by atoms with E-state index < -0.39 is 0 Å². The number of hydrogen-bond acceptors (Lipinski definition) is 5. The normalized spacial score (nSPS) is 33.6. The molecule has 2 aliphatic heterocycles. The summed E-state index contributed by atoms with van der Waals surface area (Å²) in [5.41, 5.74) is 2.58. The molecule has 0 aromatic rings. The fourth-order valence-corrected chi connectivity index (χ4v) is 2.11. The molecule has 2 rings (SSSR count). The second kappa shape index (κ2) is 2.41. The molecule has 5 heteroatoms. The van der Waals surface area contributed by atoms with Crippen LogP contribution >= 0.6 is 11.8 Å². The smallest absolute Gasteiger partial charge is 0.345 e. The Morgan fingerprint density at radius 3 is 3.50 bits per heavy atom. The Labute approximate surface area is 62.8 Å². The Kier molecular flexibility index (Phi) is 1.55. The summed E-state index contributed by atoms with van der Waals surface area (Å²) in [4.78, 5) is 15.5. The first-order valence-corrected chi connectivity index (χ1v) is 4.34. The van der Waals surface area contributed by atoms with E-state index in [-0.39, 0.29) is 12.0 Å². The fourth-order valence-electron chi connectivity index (χ4n) is 1.08. The van der Waals surface area contributed by atoms with Gasteiger partial charge < -0.3 is 4.84 Å². The molecule has 4 nitrogen and oxygen atoms in total. The molecule has 1 atom stereocenters. The monoisotopic (exact) mass is 160 g/mol. The number of fused-ring (bicyclic) bond motifs is 1. The van der Waals surface area contributed by atoms with Crippen LogP contribution in [0.1, 0.15) is 0 Å². The fraction of sp³-hybridized carbons (Fsp3) is 0.800. The quantitative estimate of drug-likeness (QED) is 0.511. The molecule has 1 N–H and O–H groups in total. The molecule has 0 saturated carbocycles. The molecule has 2 heterocycles. The third-order valence-electron chi connectivity index (χ3n) is 1.66. The molecule has 0 aromatic heterocycles. The molecule has 0 bridgehead atoms. The van der Waals surface area contributed by atoms with E-state index in [0.29, 0.717) is 0 Å². The molecule has 2 saturated heterocycles. The van der Waals surface area contributed by atoms with E-state index in [1.807, 2.05) is 5.01 Å². The summed E-state index contributed by atoms with van der Waals surface area (Å²) in [5, 5.41) is 1.85. The molecule has 56 valence electrons. The number of carbonyl (C=O) groups is 1. The van der Waals surface area contributed by atoms with Crippen LogP contribution < -0.4 is 5.59 Å². The summed E-state index contributed by atoms with van der Waals surface area (Å²) in [5.74, 6) is 1.78. The van der Waals surface area contributed by atoms with Gasteiger partial charge in [0.2, 0.25) is 0 Å². The largest absolute Gasteiger partial charge is 0.354 e. The first kappa shape index (κ1) is 6.45. The second-order valence-electron chi connectivity index (χ2n) is 2.30. The SMILES string of the molecule is O=C1ONN2CCSC[C@@H]12. The van der Waals surface area contributed by atoms with Gasteiger partial charge in [-0.3, -0.25) is 0 Å². The Bertz CT molecular complexity index is 164. The van der Waals surface area contributed by atoms with Gasteiger partial charge in [-0.05, 0) is 0 Å². The van der Waals surface area contributed by atoms with Crippen molar-refractivity contribution in [3.05, 3.63) is 0 Å². The van der Waals surface area contributed by atoms with Crippen molar-refractivity contribution in [1.82, 2.24) is 10.6 Å². The van der Waals surface area contributed by atoms with Crippen molar-refractivity contribution in [2.24, 2.45) is 0 Å². The van der Waals surface area contributed by atoms with Gasteiger partial charge in [0.1, 0.15) is 6.04 Å². The molecule has 0 aromatic carbocycles. The van der Waals surface area contributed by atoms with Crippen LogP contribution in [-0.2, 0) is 9.63 Å². The zero-order valence-electron chi connectivity index (χ0n) is 5.37. The molecule has 0 radical (unpaired) electrons. The van der Waals surface area contributed by atoms with E-state index in [2.05, 4.69) is 10.4 Å². The summed E-state index contributed by atoms with van der Waals surface area (Å²) in [6.07, 6.45) is 0. The minimum atomic E-state index is -0.146. The van der Waals surface area contributed by atoms with Crippen LogP contribution in [0.15, 0.2) is 0 Å². The van der Waals surface area contributed by atoms with Crippen LogP contribution in [0.4, 0.5) is 0 Å². The van der Waals surface area contributed by atoms with Gasteiger partial charge in [0.05, 0.1) is 0 Å². The van der Waals surface area contributed by atoms with Crippen molar-refractivity contribution in [2.45, 2.75) is 6.04 Å². The maximum absolute atomic E-state index is 10.9. The molecule has 2 fully saturated rings. The molecular formula is C5H8N2O2S. The van der Waals surface area contributed by atoms with Crippen LogP contribution in [0.3, 0.4) is 0 Å². The molecule has 0 spiro atoms. The lowest BCUT2D eigenvalue weighted by molar-refractivity contribution is -0.144. The Hall–Kier alpha value is -0.260. The number of hydrogen-bond donors (Lipinski definition) is 1. The van der Waals surface area contributed by atoms with Crippen LogP contribution in [0.5, 0.6) is 0 Å². The lowest BCUT2D eigenvalue weighted by Crippen LogP contribution is -2.44. The van der Waals surface area contributed by atoms with Crippen LogP contribution in [0.25, 0.3) is 0 Å². The predicted molar refractivity (Wildman–Crippen MR) is 37.0 cm³/mol. The first-order chi connectivity index (χ1) is 4.88. The van der Waals surface area contributed by atoms with Gasteiger partial charge in [-0.2, -0.15) is 16.8 Å². The van der Waals surface area contributed by atoms with Crippen LogP contribution in [0, 0.1) is 0 Å². The van der Waals surface area contributed by atoms with Gasteiger partial charge in [-0.15, -0.1) is 0 Å². The van der Waals surface area contributed by atoms with Crippen molar-refractivity contribution in [2.75, 3.05) is 18.1 Å². The van der Waals surface area contributed by atoms with Crippen molar-refractivity contribution in [1.29, 1.82) is 0 Å². The van der Waals surface area contributed by atoms with E-state index in [9.17, 15) is 4.79 Å². The highest BCUT2D eigenvalue weighted by Gasteiger charge is 2.36. The minimum absolute atomic E-state index is 0.0428. The third kappa shape index (κ3) is 0.902. The average molecular weight is 160 g/mol. The zero-order chi connectivity index (χ0) is 6.97. The van der Waals surface area contributed by atoms with E-state index >= 15 is 0 Å². The topological polar surface area (TPSA) is 41.6 Å². The summed E-state index contributed by atoms with van der Waals surface area (Å²) in [6.45, 7) is 0.890. The van der Waals surface area contributed by atoms with Gasteiger partial charge in [0.25, 0.3) is 0 Å². The first-order valence-electron chi connectivity index (χ1n) is 3.18. The Morgan fingerprint density at radius 2 is 2.70 bits per heavy atom. The summed E-state index contributed by atoms with van der Waals surface area (Å²) in [7, 11) is 0. The zero-order valence-corrected chi connectivity index (χ0v) is 6.19. The van der Waals surface area contributed by atoms with Gasteiger partial charge in [-0.1, -0.05) is 5.59 Å². The van der Waals surface area contributed by atoms with E-state index in [1.165, 1.54) is 0 Å². The molecular weight excluding hydrogens is 152 g/mol. The van der Waals surface area contributed by atoms with E-state index in [4.69, 9.17) is 0 Å². The van der Waals surface area contributed by atoms with Crippen molar-refractivity contribution < 1.29 is 9.63 Å². The Morgan fingerprint density at radius 1 is 1.80 bits per heavy atom. The van der Waals surface area contributed by atoms with Crippen molar-refractivity contribution in [3.63, 3.8) is 0 Å². The van der Waals surface area contributed by atoms with Crippen LogP contribution in [0.2, 0.25) is 0 Å². The van der Waals surface area contributed by atoms with Gasteiger partial charge in [0.15, 0.2) is 0 Å². The van der Waals surface area contributed by atoms with Crippen molar-refractivity contribution in [3.8, 4) is 0 Å². The van der Waals surface area contributed by atoms with E-state index in [0.717, 1.165) is 18.1 Å². The van der Waals surface area contributed by atoms with Gasteiger partial charge >= 0.3 is 5.97 Å². The molecule has 10 heavy (non-hydrogen) atoms. The molecule has 0 amide bonds. The molecule has 0 unspecified atom stereocenters. The number of nitrogens with zero attached hydrogens (tertiary/aromatic N) is 1. The number of hydrazine groups is 1. The lowest BCUT2D eigenvalue weighted by atomic mass is 10.3. The highest BCUT2D eigenvalue weighted by molar-refractivity contribution is 7.99. The Balaban J connectivity index is 2.08. The number of rotatable bonds is 0. The maximum Gasteiger partial charge on any atom is 0.345 e. The highest BCUT2D eigenvalue weighted by atomic mass is 32.2. The van der Waals surface area contributed by atoms with Gasteiger partial charge in [-0.25, -0.2) is 4.79 Å². The average Bonchev–Trinajstić information content (AvgIpc) is 2.34. The molecule has 2 aliphatic rings. The number of carbonyl (C=O) groups excluding carboxylic acids is 1. The number of thioether (sulfide) groups is 1. The third-order valence-corrected chi connectivity index (χ3v) is 2.69. The lowest BCUT2D eigenvalue weighted by Gasteiger charge is -2.22. The highest BCUT2D eigenvalue weighted by Crippen LogP contribution is 2.18. The maximum atomic E-state index is 10.9.